The van der Waals surface area contributed by atoms with Gasteiger partial charge in [-0.2, -0.15) is 0 Å². The van der Waals surface area contributed by atoms with E-state index in [0.717, 1.165) is 5.82 Å². The van der Waals surface area contributed by atoms with E-state index in [1.807, 2.05) is 12.3 Å². The summed E-state index contributed by atoms with van der Waals surface area (Å²) in [6.45, 7) is 9.14. The van der Waals surface area contributed by atoms with Gasteiger partial charge >= 0.3 is 0 Å². The number of anilines is 1. The summed E-state index contributed by atoms with van der Waals surface area (Å²) in [4.78, 5) is 4.41. The van der Waals surface area contributed by atoms with Crippen molar-refractivity contribution in [3.8, 4) is 0 Å². The molecule has 0 spiro atoms. The number of aromatic nitrogens is 1. The second kappa shape index (κ2) is 3.84. The van der Waals surface area contributed by atoms with Gasteiger partial charge in [0, 0.05) is 18.2 Å². The zero-order valence-electron chi connectivity index (χ0n) is 9.99. The highest BCUT2D eigenvalue weighted by atomic mass is 15.1. The Bertz CT molecular complexity index is 344. The van der Waals surface area contributed by atoms with E-state index in [2.05, 4.69) is 44.1 Å². The molecule has 0 aromatic carbocycles. The Morgan fingerprint density at radius 3 is 2.53 bits per heavy atom. The first-order chi connectivity index (χ1) is 7.11. The van der Waals surface area contributed by atoms with Crippen molar-refractivity contribution in [1.29, 1.82) is 0 Å². The second-order valence-corrected chi connectivity index (χ2v) is 5.13. The number of fused-ring (bicyclic) bond motifs is 1. The van der Waals surface area contributed by atoms with Crippen LogP contribution in [-0.2, 0) is 0 Å². The molecule has 1 aromatic rings. The van der Waals surface area contributed by atoms with Crippen LogP contribution in [0.3, 0.4) is 0 Å². The van der Waals surface area contributed by atoms with Crippen molar-refractivity contribution in [2.75, 3.05) is 5.32 Å². The predicted molar refractivity (Wildman–Crippen MR) is 64.1 cm³/mol. The van der Waals surface area contributed by atoms with Crippen LogP contribution in [0.15, 0.2) is 18.3 Å². The topological polar surface area (TPSA) is 24.9 Å². The lowest BCUT2D eigenvalue weighted by molar-refractivity contribution is 0.385. The molecule has 2 heteroatoms. The molecule has 0 saturated carbocycles. The van der Waals surface area contributed by atoms with Crippen molar-refractivity contribution in [3.63, 3.8) is 0 Å². The quantitative estimate of drug-likeness (QED) is 0.799. The van der Waals surface area contributed by atoms with Crippen molar-refractivity contribution in [1.82, 2.24) is 4.98 Å². The van der Waals surface area contributed by atoms with Gasteiger partial charge in [0.05, 0.1) is 0 Å². The van der Waals surface area contributed by atoms with E-state index >= 15 is 0 Å². The zero-order chi connectivity index (χ0) is 11.0. The minimum absolute atomic E-state index is 0.537. The number of rotatable bonds is 2. The molecule has 2 rings (SSSR count). The Morgan fingerprint density at radius 2 is 1.93 bits per heavy atom. The number of nitrogens with zero attached hydrogens (tertiary/aromatic N) is 1. The molecule has 1 aromatic heterocycles. The molecule has 2 atom stereocenters. The fourth-order valence-corrected chi connectivity index (χ4v) is 2.60. The summed E-state index contributed by atoms with van der Waals surface area (Å²) in [5.41, 5.74) is 1.39. The standard InChI is InChI=1S/C13H20N2/c1-8(2)11-10-6-5-7-14-13(10)15-12(11)9(3)4/h5-9,11-12H,1-4H3,(H,14,15). The summed E-state index contributed by atoms with van der Waals surface area (Å²) in [6.07, 6.45) is 1.87. The number of hydrogen-bond donors (Lipinski definition) is 1. The molecule has 0 fully saturated rings. The van der Waals surface area contributed by atoms with E-state index in [1.165, 1.54) is 5.56 Å². The molecule has 2 unspecified atom stereocenters. The van der Waals surface area contributed by atoms with E-state index in [9.17, 15) is 0 Å². The van der Waals surface area contributed by atoms with Gasteiger partial charge in [-0.1, -0.05) is 33.8 Å². The Kier molecular flexibility index (Phi) is 2.68. The van der Waals surface area contributed by atoms with E-state index < -0.39 is 0 Å². The van der Waals surface area contributed by atoms with Gasteiger partial charge in [0.25, 0.3) is 0 Å². The van der Waals surface area contributed by atoms with Gasteiger partial charge in [0.2, 0.25) is 0 Å². The summed E-state index contributed by atoms with van der Waals surface area (Å²) in [5, 5.41) is 3.55. The molecule has 82 valence electrons. The van der Waals surface area contributed by atoms with E-state index in [-0.39, 0.29) is 0 Å². The van der Waals surface area contributed by atoms with Gasteiger partial charge in [0.1, 0.15) is 5.82 Å². The predicted octanol–water partition coefficient (Wildman–Crippen LogP) is 3.27. The fourth-order valence-electron chi connectivity index (χ4n) is 2.60. The molecule has 0 radical (unpaired) electrons. The molecule has 1 aliphatic rings. The Labute approximate surface area is 92.1 Å². The minimum atomic E-state index is 0.537. The van der Waals surface area contributed by atoms with Crippen LogP contribution in [0.25, 0.3) is 0 Å². The second-order valence-electron chi connectivity index (χ2n) is 5.13. The summed E-state index contributed by atoms with van der Waals surface area (Å²) in [7, 11) is 0. The minimum Gasteiger partial charge on any atom is -0.366 e. The normalized spacial score (nSPS) is 24.4. The molecular weight excluding hydrogens is 184 g/mol. The van der Waals surface area contributed by atoms with Gasteiger partial charge in [-0.05, 0) is 23.5 Å². The molecule has 0 bridgehead atoms. The largest absolute Gasteiger partial charge is 0.366 e. The van der Waals surface area contributed by atoms with Gasteiger partial charge in [-0.3, -0.25) is 0 Å². The molecule has 0 aliphatic carbocycles. The fraction of sp³-hybridized carbons (Fsp3) is 0.615. The third-order valence-corrected chi connectivity index (χ3v) is 3.32. The summed E-state index contributed by atoms with van der Waals surface area (Å²) < 4.78 is 0. The first-order valence-electron chi connectivity index (χ1n) is 5.82. The molecule has 0 amide bonds. The Balaban J connectivity index is 2.38. The van der Waals surface area contributed by atoms with Gasteiger partial charge < -0.3 is 5.32 Å². The van der Waals surface area contributed by atoms with Crippen molar-refractivity contribution in [2.24, 2.45) is 11.8 Å². The lowest BCUT2D eigenvalue weighted by Crippen LogP contribution is -2.29. The summed E-state index contributed by atoms with van der Waals surface area (Å²) >= 11 is 0. The third kappa shape index (κ3) is 1.73. The maximum absolute atomic E-state index is 4.41. The monoisotopic (exact) mass is 204 g/mol. The van der Waals surface area contributed by atoms with Crippen LogP contribution in [0.1, 0.15) is 39.2 Å². The van der Waals surface area contributed by atoms with Gasteiger partial charge in [0.15, 0.2) is 0 Å². The highest BCUT2D eigenvalue weighted by Crippen LogP contribution is 2.41. The average Bonchev–Trinajstić information content (AvgIpc) is 2.56. The van der Waals surface area contributed by atoms with Crippen LogP contribution in [0.2, 0.25) is 0 Å². The average molecular weight is 204 g/mol. The van der Waals surface area contributed by atoms with Crippen molar-refractivity contribution >= 4 is 5.82 Å². The zero-order valence-corrected chi connectivity index (χ0v) is 9.99. The molecule has 1 N–H and O–H groups in total. The Hall–Kier alpha value is -1.05. The third-order valence-electron chi connectivity index (χ3n) is 3.32. The van der Waals surface area contributed by atoms with Crippen LogP contribution in [0.4, 0.5) is 5.82 Å². The van der Waals surface area contributed by atoms with Crippen LogP contribution in [0.5, 0.6) is 0 Å². The van der Waals surface area contributed by atoms with Crippen molar-refractivity contribution in [3.05, 3.63) is 23.9 Å². The molecule has 0 saturated heterocycles. The number of nitrogens with one attached hydrogen (secondary N) is 1. The van der Waals surface area contributed by atoms with Crippen LogP contribution >= 0.6 is 0 Å². The number of hydrogen-bond acceptors (Lipinski definition) is 2. The maximum Gasteiger partial charge on any atom is 0.129 e. The van der Waals surface area contributed by atoms with Gasteiger partial charge in [-0.15, -0.1) is 0 Å². The van der Waals surface area contributed by atoms with Gasteiger partial charge in [-0.25, -0.2) is 4.98 Å². The summed E-state index contributed by atoms with van der Waals surface area (Å²) in [5.74, 6) is 3.01. The highest BCUT2D eigenvalue weighted by Gasteiger charge is 2.36. The smallest absolute Gasteiger partial charge is 0.129 e. The Morgan fingerprint density at radius 1 is 1.20 bits per heavy atom. The maximum atomic E-state index is 4.41. The lowest BCUT2D eigenvalue weighted by atomic mass is 9.81. The van der Waals surface area contributed by atoms with Crippen LogP contribution < -0.4 is 5.32 Å². The first-order valence-corrected chi connectivity index (χ1v) is 5.82. The van der Waals surface area contributed by atoms with E-state index in [0.29, 0.717) is 23.8 Å². The first kappa shape index (κ1) is 10.5. The molecule has 2 nitrogen and oxygen atoms in total. The van der Waals surface area contributed by atoms with Crippen molar-refractivity contribution in [2.45, 2.75) is 39.7 Å². The molecular formula is C13H20N2. The van der Waals surface area contributed by atoms with E-state index in [1.54, 1.807) is 0 Å². The molecule has 1 aliphatic heterocycles. The highest BCUT2D eigenvalue weighted by molar-refractivity contribution is 5.54. The molecule has 15 heavy (non-hydrogen) atoms. The van der Waals surface area contributed by atoms with Crippen LogP contribution in [0, 0.1) is 11.8 Å². The van der Waals surface area contributed by atoms with Crippen molar-refractivity contribution < 1.29 is 0 Å². The number of pyridine rings is 1. The van der Waals surface area contributed by atoms with Crippen LogP contribution in [-0.4, -0.2) is 11.0 Å². The van der Waals surface area contributed by atoms with E-state index in [4.69, 9.17) is 0 Å². The summed E-state index contributed by atoms with van der Waals surface area (Å²) in [6, 6.07) is 4.79. The lowest BCUT2D eigenvalue weighted by Gasteiger charge is -2.26. The SMILES string of the molecule is CC(C)C1Nc2ncccc2C1C(C)C. The molecule has 2 heterocycles.